The molecule has 0 saturated heterocycles. The molecule has 9 heavy (non-hydrogen) atoms. The van der Waals surface area contributed by atoms with Gasteiger partial charge >= 0.3 is 0 Å². The third-order valence-corrected chi connectivity index (χ3v) is 1.59. The quantitative estimate of drug-likeness (QED) is 0.455. The highest BCUT2D eigenvalue weighted by molar-refractivity contribution is 4.89. The second kappa shape index (κ2) is 4.19. The van der Waals surface area contributed by atoms with E-state index in [4.69, 9.17) is 5.11 Å². The molecule has 0 aliphatic heterocycles. The maximum Gasteiger partial charge on any atom is 0.0754 e. The standard InChI is InChI=1S/C8H14O/c1-4-7(2)8(3)5-6-9/h4-9H,1H2,2-3H3. The molecule has 0 aromatic rings. The van der Waals surface area contributed by atoms with E-state index in [1.54, 1.807) is 6.08 Å². The van der Waals surface area contributed by atoms with E-state index in [1.807, 2.05) is 13.0 Å². The first-order valence-electron chi connectivity index (χ1n) is 3.15. The van der Waals surface area contributed by atoms with Crippen LogP contribution in [0.4, 0.5) is 0 Å². The number of rotatable bonds is 3. The molecule has 52 valence electrons. The number of hydrogen-bond acceptors (Lipinski definition) is 1. The van der Waals surface area contributed by atoms with E-state index in [9.17, 15) is 0 Å². The minimum atomic E-state index is 0.382. The molecule has 0 amide bonds. The van der Waals surface area contributed by atoms with Gasteiger partial charge in [-0.05, 0) is 17.9 Å². The Kier molecular flexibility index (Phi) is 3.85. The van der Waals surface area contributed by atoms with Crippen LogP contribution < -0.4 is 0 Å². The molecule has 0 aromatic heterocycles. The molecule has 0 aliphatic rings. The molecule has 0 rings (SSSR count). The number of aliphatic hydroxyl groups is 1. The maximum absolute atomic E-state index is 8.37. The van der Waals surface area contributed by atoms with E-state index in [0.717, 1.165) is 6.26 Å². The van der Waals surface area contributed by atoms with Crippen LogP contribution in [0.15, 0.2) is 25.0 Å². The topological polar surface area (TPSA) is 20.2 Å². The summed E-state index contributed by atoms with van der Waals surface area (Å²) in [4.78, 5) is 0. The largest absolute Gasteiger partial charge is 0.516 e. The lowest BCUT2D eigenvalue weighted by atomic mass is 9.97. The molecule has 0 saturated carbocycles. The van der Waals surface area contributed by atoms with Crippen molar-refractivity contribution in [2.75, 3.05) is 0 Å². The van der Waals surface area contributed by atoms with E-state index in [-0.39, 0.29) is 0 Å². The van der Waals surface area contributed by atoms with Gasteiger partial charge in [-0.25, -0.2) is 0 Å². The van der Waals surface area contributed by atoms with E-state index in [1.165, 1.54) is 0 Å². The molecule has 0 spiro atoms. The Morgan fingerprint density at radius 1 is 1.33 bits per heavy atom. The molecular formula is C8H14O. The molecule has 1 N–H and O–H groups in total. The van der Waals surface area contributed by atoms with Crippen LogP contribution >= 0.6 is 0 Å². The highest BCUT2D eigenvalue weighted by Crippen LogP contribution is 2.11. The number of allylic oxidation sites excluding steroid dienone is 2. The predicted octanol–water partition coefficient (Wildman–Crippen LogP) is 2.52. The Labute approximate surface area is 56.7 Å². The van der Waals surface area contributed by atoms with Gasteiger partial charge in [-0.1, -0.05) is 19.9 Å². The van der Waals surface area contributed by atoms with Crippen LogP contribution in [0.25, 0.3) is 0 Å². The molecule has 0 fully saturated rings. The summed E-state index contributed by atoms with van der Waals surface area (Å²) in [5.74, 6) is 0.820. The summed E-state index contributed by atoms with van der Waals surface area (Å²) < 4.78 is 0. The number of hydrogen-bond donors (Lipinski definition) is 1. The molecule has 0 bridgehead atoms. The van der Waals surface area contributed by atoms with Crippen molar-refractivity contribution in [2.24, 2.45) is 11.8 Å². The third kappa shape index (κ3) is 2.96. The van der Waals surface area contributed by atoms with Crippen molar-refractivity contribution >= 4 is 0 Å². The highest BCUT2D eigenvalue weighted by atomic mass is 16.2. The van der Waals surface area contributed by atoms with Crippen LogP contribution in [0.2, 0.25) is 0 Å². The van der Waals surface area contributed by atoms with Gasteiger partial charge in [0.15, 0.2) is 0 Å². The summed E-state index contributed by atoms with van der Waals surface area (Å²) in [6.45, 7) is 7.76. The van der Waals surface area contributed by atoms with E-state index in [0.29, 0.717) is 11.8 Å². The van der Waals surface area contributed by atoms with Gasteiger partial charge < -0.3 is 5.11 Å². The first-order chi connectivity index (χ1) is 4.22. The van der Waals surface area contributed by atoms with Crippen LogP contribution in [-0.2, 0) is 0 Å². The SMILES string of the molecule is C=CC(C)C(C)C=CO. The smallest absolute Gasteiger partial charge is 0.0754 e. The summed E-state index contributed by atoms with van der Waals surface area (Å²) in [6, 6.07) is 0. The molecule has 2 unspecified atom stereocenters. The lowest BCUT2D eigenvalue weighted by Gasteiger charge is -2.09. The Hall–Kier alpha value is -0.720. The normalized spacial score (nSPS) is 17.6. The second-order valence-electron chi connectivity index (χ2n) is 2.30. The zero-order valence-corrected chi connectivity index (χ0v) is 6.04. The summed E-state index contributed by atoms with van der Waals surface area (Å²) in [5.41, 5.74) is 0. The summed E-state index contributed by atoms with van der Waals surface area (Å²) in [7, 11) is 0. The van der Waals surface area contributed by atoms with Crippen molar-refractivity contribution in [3.05, 3.63) is 25.0 Å². The van der Waals surface area contributed by atoms with Gasteiger partial charge in [-0.15, -0.1) is 6.58 Å². The van der Waals surface area contributed by atoms with Crippen molar-refractivity contribution < 1.29 is 5.11 Å². The third-order valence-electron chi connectivity index (χ3n) is 1.59. The average molecular weight is 126 g/mol. The second-order valence-corrected chi connectivity index (χ2v) is 2.30. The van der Waals surface area contributed by atoms with Gasteiger partial charge in [0.2, 0.25) is 0 Å². The van der Waals surface area contributed by atoms with Crippen LogP contribution in [0.5, 0.6) is 0 Å². The lowest BCUT2D eigenvalue weighted by Crippen LogP contribution is -2.00. The van der Waals surface area contributed by atoms with Crippen molar-refractivity contribution in [2.45, 2.75) is 13.8 Å². The molecule has 0 aromatic carbocycles. The Bertz CT molecular complexity index is 105. The molecule has 2 atom stereocenters. The van der Waals surface area contributed by atoms with E-state index in [2.05, 4.69) is 13.5 Å². The molecule has 1 nitrogen and oxygen atoms in total. The monoisotopic (exact) mass is 126 g/mol. The van der Waals surface area contributed by atoms with Gasteiger partial charge in [-0.2, -0.15) is 0 Å². The Morgan fingerprint density at radius 2 is 1.89 bits per heavy atom. The van der Waals surface area contributed by atoms with Gasteiger partial charge in [0, 0.05) is 0 Å². The minimum Gasteiger partial charge on any atom is -0.516 e. The Morgan fingerprint density at radius 3 is 2.22 bits per heavy atom. The summed E-state index contributed by atoms with van der Waals surface area (Å²) in [6.07, 6.45) is 4.72. The molecule has 0 radical (unpaired) electrons. The minimum absolute atomic E-state index is 0.382. The van der Waals surface area contributed by atoms with Crippen molar-refractivity contribution in [3.63, 3.8) is 0 Å². The first kappa shape index (κ1) is 8.28. The zero-order chi connectivity index (χ0) is 7.28. The first-order valence-corrected chi connectivity index (χ1v) is 3.15. The van der Waals surface area contributed by atoms with Gasteiger partial charge in [0.1, 0.15) is 0 Å². The van der Waals surface area contributed by atoms with Crippen LogP contribution in [0.3, 0.4) is 0 Å². The maximum atomic E-state index is 8.37. The average Bonchev–Trinajstić information content (AvgIpc) is 1.87. The predicted molar refractivity (Wildman–Crippen MR) is 40.3 cm³/mol. The van der Waals surface area contributed by atoms with Crippen molar-refractivity contribution in [3.8, 4) is 0 Å². The van der Waals surface area contributed by atoms with Crippen LogP contribution in [0.1, 0.15) is 13.8 Å². The molecular weight excluding hydrogens is 112 g/mol. The molecule has 1 heteroatoms. The van der Waals surface area contributed by atoms with Gasteiger partial charge in [0.25, 0.3) is 0 Å². The van der Waals surface area contributed by atoms with Crippen molar-refractivity contribution in [1.82, 2.24) is 0 Å². The lowest BCUT2D eigenvalue weighted by molar-refractivity contribution is 0.455. The van der Waals surface area contributed by atoms with E-state index >= 15 is 0 Å². The van der Waals surface area contributed by atoms with Crippen LogP contribution in [0, 0.1) is 11.8 Å². The zero-order valence-electron chi connectivity index (χ0n) is 6.04. The van der Waals surface area contributed by atoms with E-state index < -0.39 is 0 Å². The Balaban J connectivity index is 3.71. The highest BCUT2D eigenvalue weighted by Gasteiger charge is 2.02. The number of aliphatic hydroxyl groups excluding tert-OH is 1. The van der Waals surface area contributed by atoms with Crippen LogP contribution in [-0.4, -0.2) is 5.11 Å². The van der Waals surface area contributed by atoms with Gasteiger partial charge in [0.05, 0.1) is 6.26 Å². The molecule has 0 heterocycles. The molecule has 0 aliphatic carbocycles. The van der Waals surface area contributed by atoms with Gasteiger partial charge in [-0.3, -0.25) is 0 Å². The summed E-state index contributed by atoms with van der Waals surface area (Å²) >= 11 is 0. The fraction of sp³-hybridized carbons (Fsp3) is 0.500. The van der Waals surface area contributed by atoms with Crippen molar-refractivity contribution in [1.29, 1.82) is 0 Å². The fourth-order valence-corrected chi connectivity index (χ4v) is 0.526. The summed E-state index contributed by atoms with van der Waals surface area (Å²) in [5, 5.41) is 8.37. The fourth-order valence-electron chi connectivity index (χ4n) is 0.526.